The number of nitro groups is 1. The van der Waals surface area contributed by atoms with Gasteiger partial charge < -0.3 is 9.84 Å². The molecule has 0 aliphatic heterocycles. The van der Waals surface area contributed by atoms with Crippen molar-refractivity contribution < 1.29 is 14.8 Å². The summed E-state index contributed by atoms with van der Waals surface area (Å²) >= 11 is 6.50. The molecule has 7 heteroatoms. The zero-order valence-corrected chi connectivity index (χ0v) is 12.5. The molecule has 0 aliphatic rings. The monoisotopic (exact) mass is 387 g/mol. The minimum Gasteiger partial charge on any atom is -0.504 e. The molecule has 0 saturated carbocycles. The van der Waals surface area contributed by atoms with E-state index in [1.54, 1.807) is 12.1 Å². The number of para-hydroxylation sites is 2. The fourth-order valence-electron chi connectivity index (χ4n) is 1.41. The summed E-state index contributed by atoms with van der Waals surface area (Å²) in [5, 5.41) is 20.6. The zero-order valence-electron chi connectivity index (χ0n) is 9.34. The third-order valence-corrected chi connectivity index (χ3v) is 4.13. The van der Waals surface area contributed by atoms with E-state index in [1.807, 2.05) is 0 Å². The van der Waals surface area contributed by atoms with E-state index in [-0.39, 0.29) is 22.9 Å². The molecule has 0 atom stereocenters. The van der Waals surface area contributed by atoms with Crippen LogP contribution in [-0.4, -0.2) is 10.0 Å². The quantitative estimate of drug-likeness (QED) is 0.615. The first-order chi connectivity index (χ1) is 8.99. The van der Waals surface area contributed by atoms with Crippen LogP contribution in [0.2, 0.25) is 0 Å². The van der Waals surface area contributed by atoms with E-state index in [0.717, 1.165) is 0 Å². The molecule has 0 radical (unpaired) electrons. The molecule has 98 valence electrons. The second-order valence-electron chi connectivity index (χ2n) is 3.56. The molecule has 2 aromatic carbocycles. The van der Waals surface area contributed by atoms with E-state index in [0.29, 0.717) is 8.95 Å². The van der Waals surface area contributed by atoms with E-state index >= 15 is 0 Å². The van der Waals surface area contributed by atoms with Crippen molar-refractivity contribution in [3.8, 4) is 17.2 Å². The van der Waals surface area contributed by atoms with Crippen molar-refractivity contribution in [1.29, 1.82) is 0 Å². The van der Waals surface area contributed by atoms with Gasteiger partial charge in [-0.15, -0.1) is 0 Å². The molecular formula is C12H7Br2NO4. The van der Waals surface area contributed by atoms with Crippen LogP contribution in [0.1, 0.15) is 0 Å². The molecule has 5 nitrogen and oxygen atoms in total. The number of hydrogen-bond donors (Lipinski definition) is 1. The number of nitrogens with zero attached hydrogens (tertiary/aromatic N) is 1. The normalized spacial score (nSPS) is 10.2. The largest absolute Gasteiger partial charge is 0.504 e. The van der Waals surface area contributed by atoms with E-state index in [4.69, 9.17) is 4.74 Å². The minimum atomic E-state index is -0.541. The highest BCUT2D eigenvalue weighted by molar-refractivity contribution is 9.13. The highest BCUT2D eigenvalue weighted by atomic mass is 79.9. The lowest BCUT2D eigenvalue weighted by molar-refractivity contribution is -0.385. The second-order valence-corrected chi connectivity index (χ2v) is 5.27. The summed E-state index contributed by atoms with van der Waals surface area (Å²) in [5.74, 6) is 0.0784. The smallest absolute Gasteiger partial charge is 0.311 e. The third-order valence-electron chi connectivity index (χ3n) is 2.28. The Bertz CT molecular complexity index is 646. The fraction of sp³-hybridized carbons (Fsp3) is 0. The van der Waals surface area contributed by atoms with Crippen molar-refractivity contribution in [3.63, 3.8) is 0 Å². The van der Waals surface area contributed by atoms with Gasteiger partial charge in [-0.1, -0.05) is 12.1 Å². The SMILES string of the molecule is O=[N+]([O-])c1ccccc1Oc1cc(Br)c(Br)cc1O. The number of benzene rings is 2. The zero-order chi connectivity index (χ0) is 14.0. The lowest BCUT2D eigenvalue weighted by Crippen LogP contribution is -1.93. The first-order valence-corrected chi connectivity index (χ1v) is 6.67. The molecular weight excluding hydrogens is 382 g/mol. The van der Waals surface area contributed by atoms with Crippen molar-refractivity contribution in [3.05, 3.63) is 55.5 Å². The Labute approximate surface area is 125 Å². The molecule has 0 fully saturated rings. The van der Waals surface area contributed by atoms with E-state index in [1.165, 1.54) is 24.3 Å². The number of ether oxygens (including phenoxy) is 1. The van der Waals surface area contributed by atoms with E-state index < -0.39 is 4.92 Å². The molecule has 19 heavy (non-hydrogen) atoms. The van der Waals surface area contributed by atoms with Gasteiger partial charge in [0, 0.05) is 15.0 Å². The molecule has 0 unspecified atom stereocenters. The number of hydrogen-bond acceptors (Lipinski definition) is 4. The fourth-order valence-corrected chi connectivity index (χ4v) is 2.07. The Morgan fingerprint density at radius 1 is 1.11 bits per heavy atom. The summed E-state index contributed by atoms with van der Waals surface area (Å²) in [6.07, 6.45) is 0. The van der Waals surface area contributed by atoms with Gasteiger partial charge in [0.1, 0.15) is 0 Å². The van der Waals surface area contributed by atoms with Crippen LogP contribution in [0.15, 0.2) is 45.3 Å². The van der Waals surface area contributed by atoms with Gasteiger partial charge in [-0.05, 0) is 50.1 Å². The molecule has 0 spiro atoms. The standard InChI is InChI=1S/C12H7Br2NO4/c13-7-5-10(16)12(6-8(7)14)19-11-4-2-1-3-9(11)15(17)18/h1-6,16H. The van der Waals surface area contributed by atoms with Crippen molar-refractivity contribution in [2.45, 2.75) is 0 Å². The molecule has 0 heterocycles. The van der Waals surface area contributed by atoms with Gasteiger partial charge in [0.25, 0.3) is 0 Å². The van der Waals surface area contributed by atoms with E-state index in [9.17, 15) is 15.2 Å². The predicted octanol–water partition coefficient (Wildman–Crippen LogP) is 4.62. The Balaban J connectivity index is 2.42. The molecule has 2 rings (SSSR count). The molecule has 2 aromatic rings. The van der Waals surface area contributed by atoms with Crippen LogP contribution in [0, 0.1) is 10.1 Å². The lowest BCUT2D eigenvalue weighted by Gasteiger charge is -2.09. The Morgan fingerprint density at radius 3 is 2.42 bits per heavy atom. The summed E-state index contributed by atoms with van der Waals surface area (Å²) in [6.45, 7) is 0. The molecule has 0 bridgehead atoms. The van der Waals surface area contributed by atoms with Gasteiger partial charge in [-0.2, -0.15) is 0 Å². The van der Waals surface area contributed by atoms with Crippen LogP contribution in [0.4, 0.5) is 5.69 Å². The van der Waals surface area contributed by atoms with Gasteiger partial charge >= 0.3 is 5.69 Å². The molecule has 1 N–H and O–H groups in total. The maximum absolute atomic E-state index is 10.9. The summed E-state index contributed by atoms with van der Waals surface area (Å²) in [7, 11) is 0. The number of aromatic hydroxyl groups is 1. The number of halogens is 2. The second kappa shape index (κ2) is 5.58. The predicted molar refractivity (Wildman–Crippen MR) is 76.7 cm³/mol. The van der Waals surface area contributed by atoms with Crippen LogP contribution in [0.25, 0.3) is 0 Å². The topological polar surface area (TPSA) is 72.6 Å². The summed E-state index contributed by atoms with van der Waals surface area (Å²) in [5.41, 5.74) is -0.166. The first-order valence-electron chi connectivity index (χ1n) is 5.08. The maximum Gasteiger partial charge on any atom is 0.311 e. The Hall–Kier alpha value is -1.60. The molecule has 0 aromatic heterocycles. The van der Waals surface area contributed by atoms with E-state index in [2.05, 4.69) is 31.9 Å². The van der Waals surface area contributed by atoms with Crippen molar-refractivity contribution in [2.24, 2.45) is 0 Å². The number of nitro benzene ring substituents is 1. The Morgan fingerprint density at radius 2 is 1.74 bits per heavy atom. The van der Waals surface area contributed by atoms with Crippen LogP contribution in [0.3, 0.4) is 0 Å². The number of phenolic OH excluding ortho intramolecular Hbond substituents is 1. The van der Waals surface area contributed by atoms with Crippen molar-refractivity contribution in [1.82, 2.24) is 0 Å². The number of phenols is 1. The molecule has 0 amide bonds. The van der Waals surface area contributed by atoms with Crippen LogP contribution < -0.4 is 4.74 Å². The molecule has 0 aliphatic carbocycles. The maximum atomic E-state index is 10.9. The number of rotatable bonds is 3. The molecule has 0 saturated heterocycles. The Kier molecular flexibility index (Phi) is 4.06. The summed E-state index contributed by atoms with van der Waals surface area (Å²) in [6, 6.07) is 8.92. The van der Waals surface area contributed by atoms with Crippen molar-refractivity contribution in [2.75, 3.05) is 0 Å². The first kappa shape index (κ1) is 13.8. The van der Waals surface area contributed by atoms with Gasteiger partial charge in [-0.3, -0.25) is 10.1 Å². The lowest BCUT2D eigenvalue weighted by atomic mass is 10.3. The van der Waals surface area contributed by atoms with Crippen LogP contribution in [0.5, 0.6) is 17.2 Å². The van der Waals surface area contributed by atoms with Gasteiger partial charge in [-0.25, -0.2) is 0 Å². The third kappa shape index (κ3) is 3.05. The summed E-state index contributed by atoms with van der Waals surface area (Å²) < 4.78 is 6.71. The van der Waals surface area contributed by atoms with Crippen LogP contribution >= 0.6 is 31.9 Å². The van der Waals surface area contributed by atoms with Gasteiger partial charge in [0.15, 0.2) is 11.5 Å². The average Bonchev–Trinajstić information content (AvgIpc) is 2.36. The minimum absolute atomic E-state index is 0.0667. The highest BCUT2D eigenvalue weighted by Crippen LogP contribution is 2.39. The van der Waals surface area contributed by atoms with Crippen molar-refractivity contribution >= 4 is 37.5 Å². The van der Waals surface area contributed by atoms with Gasteiger partial charge in [0.05, 0.1) is 4.92 Å². The average molecular weight is 389 g/mol. The van der Waals surface area contributed by atoms with Gasteiger partial charge in [0.2, 0.25) is 5.75 Å². The summed E-state index contributed by atoms with van der Waals surface area (Å²) in [4.78, 5) is 10.3. The highest BCUT2D eigenvalue weighted by Gasteiger charge is 2.16. The van der Waals surface area contributed by atoms with Crippen LogP contribution in [-0.2, 0) is 0 Å².